The second kappa shape index (κ2) is 5.07. The zero-order chi connectivity index (χ0) is 9.80. The van der Waals surface area contributed by atoms with Gasteiger partial charge in [0.2, 0.25) is 0 Å². The van der Waals surface area contributed by atoms with E-state index in [4.69, 9.17) is 9.47 Å². The van der Waals surface area contributed by atoms with Gasteiger partial charge in [-0.2, -0.15) is 0 Å². The van der Waals surface area contributed by atoms with Crippen molar-refractivity contribution in [2.75, 3.05) is 32.9 Å². The summed E-state index contributed by atoms with van der Waals surface area (Å²) >= 11 is 0. The lowest BCUT2D eigenvalue weighted by molar-refractivity contribution is -0.0317. The highest BCUT2D eigenvalue weighted by Gasteiger charge is 2.21. The number of morpholine rings is 1. The van der Waals surface area contributed by atoms with Crippen molar-refractivity contribution in [1.82, 2.24) is 10.4 Å². The average Bonchev–Trinajstić information content (AvgIpc) is 2.19. The van der Waals surface area contributed by atoms with Gasteiger partial charge in [0.15, 0.2) is 0 Å². The molecule has 0 aromatic rings. The van der Waals surface area contributed by atoms with E-state index in [1.807, 2.05) is 0 Å². The highest BCUT2D eigenvalue weighted by Crippen LogP contribution is 2.13. The molecule has 4 nitrogen and oxygen atoms in total. The Labute approximate surface area is 85.5 Å². The summed E-state index contributed by atoms with van der Waals surface area (Å²) < 4.78 is 10.8. The Balaban J connectivity index is 1.72. The molecule has 2 fully saturated rings. The van der Waals surface area contributed by atoms with Gasteiger partial charge < -0.3 is 9.47 Å². The van der Waals surface area contributed by atoms with E-state index in [1.165, 1.54) is 0 Å². The first kappa shape index (κ1) is 10.4. The van der Waals surface area contributed by atoms with Crippen LogP contribution in [0.4, 0.5) is 0 Å². The smallest absolute Gasteiger partial charge is 0.0608 e. The van der Waals surface area contributed by atoms with Crippen LogP contribution in [0.5, 0.6) is 0 Å². The maximum Gasteiger partial charge on any atom is 0.0608 e. The van der Waals surface area contributed by atoms with Crippen LogP contribution in [0.3, 0.4) is 0 Å². The monoisotopic (exact) mass is 200 g/mol. The molecule has 2 heterocycles. The third kappa shape index (κ3) is 2.92. The van der Waals surface area contributed by atoms with Crippen LogP contribution in [0.2, 0.25) is 0 Å². The van der Waals surface area contributed by atoms with Crippen LogP contribution in [-0.2, 0) is 9.47 Å². The topological polar surface area (TPSA) is 33.7 Å². The van der Waals surface area contributed by atoms with Crippen molar-refractivity contribution in [3.63, 3.8) is 0 Å². The summed E-state index contributed by atoms with van der Waals surface area (Å²) in [6, 6.07) is 0.594. The van der Waals surface area contributed by atoms with Crippen LogP contribution in [0.1, 0.15) is 19.8 Å². The number of nitrogens with zero attached hydrogens (tertiary/aromatic N) is 1. The van der Waals surface area contributed by atoms with E-state index in [0.717, 1.165) is 45.8 Å². The fraction of sp³-hybridized carbons (Fsp3) is 1.00. The quantitative estimate of drug-likeness (QED) is 0.699. The molecule has 2 aliphatic rings. The fourth-order valence-electron chi connectivity index (χ4n) is 2.07. The lowest BCUT2D eigenvalue weighted by Gasteiger charge is -2.35. The fourth-order valence-corrected chi connectivity index (χ4v) is 2.07. The van der Waals surface area contributed by atoms with Crippen LogP contribution in [0.15, 0.2) is 0 Å². The SMILES string of the molecule is CC1CC(NN2CCOCC2)CCO1. The Bertz CT molecular complexity index is 172. The first-order valence-corrected chi connectivity index (χ1v) is 5.55. The van der Waals surface area contributed by atoms with Gasteiger partial charge in [-0.05, 0) is 19.8 Å². The molecule has 0 amide bonds. The van der Waals surface area contributed by atoms with Crippen molar-refractivity contribution in [3.05, 3.63) is 0 Å². The number of ether oxygens (including phenoxy) is 2. The molecule has 0 aromatic heterocycles. The van der Waals surface area contributed by atoms with E-state index in [2.05, 4.69) is 17.4 Å². The van der Waals surface area contributed by atoms with Gasteiger partial charge in [-0.15, -0.1) is 0 Å². The Morgan fingerprint density at radius 2 is 2.00 bits per heavy atom. The van der Waals surface area contributed by atoms with Crippen molar-refractivity contribution >= 4 is 0 Å². The molecule has 2 atom stereocenters. The van der Waals surface area contributed by atoms with E-state index in [0.29, 0.717) is 12.1 Å². The van der Waals surface area contributed by atoms with Crippen LogP contribution >= 0.6 is 0 Å². The minimum Gasteiger partial charge on any atom is -0.379 e. The van der Waals surface area contributed by atoms with E-state index in [9.17, 15) is 0 Å². The normalized spacial score (nSPS) is 35.8. The maximum absolute atomic E-state index is 5.51. The molecule has 2 unspecified atom stereocenters. The molecule has 0 bridgehead atoms. The zero-order valence-corrected chi connectivity index (χ0v) is 8.87. The predicted molar refractivity (Wildman–Crippen MR) is 54.0 cm³/mol. The molecule has 14 heavy (non-hydrogen) atoms. The van der Waals surface area contributed by atoms with Crippen LogP contribution < -0.4 is 5.43 Å². The van der Waals surface area contributed by atoms with Gasteiger partial charge in [-0.25, -0.2) is 5.01 Å². The largest absolute Gasteiger partial charge is 0.379 e. The molecule has 82 valence electrons. The predicted octanol–water partition coefficient (Wildman–Crippen LogP) is 0.391. The van der Waals surface area contributed by atoms with Crippen molar-refractivity contribution in [3.8, 4) is 0 Å². The van der Waals surface area contributed by atoms with E-state index in [-0.39, 0.29) is 0 Å². The molecule has 0 radical (unpaired) electrons. The molecule has 4 heteroatoms. The summed E-state index contributed by atoms with van der Waals surface area (Å²) in [5.41, 5.74) is 3.56. The summed E-state index contributed by atoms with van der Waals surface area (Å²) in [7, 11) is 0. The van der Waals surface area contributed by atoms with E-state index in [1.54, 1.807) is 0 Å². The van der Waals surface area contributed by atoms with Crippen molar-refractivity contribution in [2.24, 2.45) is 0 Å². The number of hydrazine groups is 1. The van der Waals surface area contributed by atoms with Gasteiger partial charge in [0.1, 0.15) is 0 Å². The van der Waals surface area contributed by atoms with Gasteiger partial charge >= 0.3 is 0 Å². The molecule has 0 aliphatic carbocycles. The molecule has 2 saturated heterocycles. The molecule has 1 N–H and O–H groups in total. The van der Waals surface area contributed by atoms with Gasteiger partial charge in [0.05, 0.1) is 19.3 Å². The molecule has 0 saturated carbocycles. The molecule has 0 spiro atoms. The highest BCUT2D eigenvalue weighted by atomic mass is 16.5. The minimum absolute atomic E-state index is 0.405. The first-order chi connectivity index (χ1) is 6.84. The third-order valence-electron chi connectivity index (χ3n) is 2.86. The second-order valence-electron chi connectivity index (χ2n) is 4.13. The number of rotatable bonds is 2. The number of hydrogen-bond acceptors (Lipinski definition) is 4. The maximum atomic E-state index is 5.51. The summed E-state index contributed by atoms with van der Waals surface area (Å²) in [5.74, 6) is 0. The second-order valence-corrected chi connectivity index (χ2v) is 4.13. The zero-order valence-electron chi connectivity index (χ0n) is 8.87. The van der Waals surface area contributed by atoms with Crippen molar-refractivity contribution < 1.29 is 9.47 Å². The Kier molecular flexibility index (Phi) is 3.75. The highest BCUT2D eigenvalue weighted by molar-refractivity contribution is 4.74. The van der Waals surface area contributed by atoms with Gasteiger partial charge in [-0.3, -0.25) is 5.43 Å². The standard InChI is InChI=1S/C10H20N2O2/c1-9-8-10(2-5-14-9)11-12-3-6-13-7-4-12/h9-11H,2-8H2,1H3. The molecule has 0 aromatic carbocycles. The Morgan fingerprint density at radius 3 is 2.71 bits per heavy atom. The van der Waals surface area contributed by atoms with Gasteiger partial charge in [-0.1, -0.05) is 0 Å². The van der Waals surface area contributed by atoms with Gasteiger partial charge in [0.25, 0.3) is 0 Å². The number of nitrogens with one attached hydrogen (secondary N) is 1. The van der Waals surface area contributed by atoms with E-state index >= 15 is 0 Å². The molecule has 2 aliphatic heterocycles. The summed E-state index contributed by atoms with van der Waals surface area (Å²) in [4.78, 5) is 0. The van der Waals surface area contributed by atoms with Gasteiger partial charge in [0, 0.05) is 25.7 Å². The Hall–Kier alpha value is -0.160. The number of hydrogen-bond donors (Lipinski definition) is 1. The average molecular weight is 200 g/mol. The minimum atomic E-state index is 0.405. The Morgan fingerprint density at radius 1 is 1.21 bits per heavy atom. The lowest BCUT2D eigenvalue weighted by Crippen LogP contribution is -2.52. The molecular formula is C10H20N2O2. The first-order valence-electron chi connectivity index (χ1n) is 5.55. The summed E-state index contributed by atoms with van der Waals surface area (Å²) in [6.45, 7) is 6.76. The van der Waals surface area contributed by atoms with Crippen LogP contribution in [-0.4, -0.2) is 50.1 Å². The van der Waals surface area contributed by atoms with Crippen LogP contribution in [0, 0.1) is 0 Å². The molecule has 2 rings (SSSR count). The third-order valence-corrected chi connectivity index (χ3v) is 2.86. The van der Waals surface area contributed by atoms with Crippen molar-refractivity contribution in [1.29, 1.82) is 0 Å². The van der Waals surface area contributed by atoms with Crippen molar-refractivity contribution in [2.45, 2.75) is 31.9 Å². The lowest BCUT2D eigenvalue weighted by atomic mass is 10.1. The summed E-state index contributed by atoms with van der Waals surface area (Å²) in [6.07, 6.45) is 2.65. The summed E-state index contributed by atoms with van der Waals surface area (Å²) in [5, 5.41) is 2.28. The van der Waals surface area contributed by atoms with E-state index < -0.39 is 0 Å². The molecular weight excluding hydrogens is 180 g/mol. The van der Waals surface area contributed by atoms with Crippen LogP contribution in [0.25, 0.3) is 0 Å².